The second-order valence-electron chi connectivity index (χ2n) is 6.03. The van der Waals surface area contributed by atoms with Crippen molar-refractivity contribution in [3.05, 3.63) is 0 Å². The molecular formula is C17H32O3. The Labute approximate surface area is 124 Å². The minimum atomic E-state index is -0.473. The summed E-state index contributed by atoms with van der Waals surface area (Å²) in [4.78, 5) is 11.1. The molecular weight excluding hydrogens is 252 g/mol. The standard InChI is InChI=1S/C17H32O3/c1-3-5-7-9-11-13-15(12-10-8-6-4-2)16-14-19-17(18)20-16/h15-16H,3-14H2,1-2H3. The molecule has 1 heterocycles. The fourth-order valence-corrected chi connectivity index (χ4v) is 2.93. The monoisotopic (exact) mass is 284 g/mol. The Morgan fingerprint density at radius 2 is 1.50 bits per heavy atom. The zero-order valence-corrected chi connectivity index (χ0v) is 13.4. The molecule has 0 amide bonds. The average molecular weight is 284 g/mol. The molecule has 0 N–H and O–H groups in total. The Hall–Kier alpha value is -0.730. The fraction of sp³-hybridized carbons (Fsp3) is 0.941. The predicted octanol–water partition coefficient (Wildman–Crippen LogP) is 5.47. The van der Waals surface area contributed by atoms with Crippen LogP contribution in [0.4, 0.5) is 4.79 Å². The Kier molecular flexibility index (Phi) is 9.52. The van der Waals surface area contributed by atoms with Crippen molar-refractivity contribution in [1.29, 1.82) is 0 Å². The zero-order chi connectivity index (χ0) is 14.6. The van der Waals surface area contributed by atoms with E-state index in [1.165, 1.54) is 70.6 Å². The van der Waals surface area contributed by atoms with Gasteiger partial charge in [0.2, 0.25) is 0 Å². The molecule has 1 aliphatic heterocycles. The van der Waals surface area contributed by atoms with Gasteiger partial charge in [-0.3, -0.25) is 0 Å². The predicted molar refractivity (Wildman–Crippen MR) is 81.8 cm³/mol. The molecule has 1 fully saturated rings. The molecule has 3 nitrogen and oxygen atoms in total. The zero-order valence-electron chi connectivity index (χ0n) is 13.4. The van der Waals surface area contributed by atoms with Crippen LogP contribution in [0.15, 0.2) is 0 Å². The fourth-order valence-electron chi connectivity index (χ4n) is 2.93. The largest absolute Gasteiger partial charge is 0.508 e. The number of carbonyl (C=O) groups is 1. The smallest absolute Gasteiger partial charge is 0.430 e. The first kappa shape index (κ1) is 17.3. The van der Waals surface area contributed by atoms with Crippen LogP contribution in [-0.4, -0.2) is 18.9 Å². The molecule has 3 heteroatoms. The molecule has 0 aromatic heterocycles. The van der Waals surface area contributed by atoms with Gasteiger partial charge in [0.05, 0.1) is 0 Å². The van der Waals surface area contributed by atoms with Crippen molar-refractivity contribution in [3.63, 3.8) is 0 Å². The molecule has 2 unspecified atom stereocenters. The highest BCUT2D eigenvalue weighted by Gasteiger charge is 2.31. The van der Waals surface area contributed by atoms with Gasteiger partial charge in [0, 0.05) is 0 Å². The Morgan fingerprint density at radius 3 is 2.00 bits per heavy atom. The summed E-state index contributed by atoms with van der Waals surface area (Å²) >= 11 is 0. The molecule has 0 saturated carbocycles. The summed E-state index contributed by atoms with van der Waals surface area (Å²) < 4.78 is 10.3. The van der Waals surface area contributed by atoms with E-state index in [9.17, 15) is 4.79 Å². The molecule has 1 aliphatic rings. The third-order valence-corrected chi connectivity index (χ3v) is 4.25. The summed E-state index contributed by atoms with van der Waals surface area (Å²) in [7, 11) is 0. The van der Waals surface area contributed by atoms with Gasteiger partial charge in [-0.2, -0.15) is 0 Å². The lowest BCUT2D eigenvalue weighted by Crippen LogP contribution is -2.23. The minimum Gasteiger partial charge on any atom is -0.430 e. The molecule has 118 valence electrons. The molecule has 20 heavy (non-hydrogen) atoms. The number of cyclic esters (lactones) is 2. The minimum absolute atomic E-state index is 0.00954. The number of ether oxygens (including phenoxy) is 2. The lowest BCUT2D eigenvalue weighted by Gasteiger charge is -2.20. The van der Waals surface area contributed by atoms with Crippen LogP contribution in [0.25, 0.3) is 0 Å². The molecule has 2 atom stereocenters. The maximum atomic E-state index is 11.1. The van der Waals surface area contributed by atoms with E-state index in [1.807, 2.05) is 0 Å². The number of hydrogen-bond acceptors (Lipinski definition) is 3. The van der Waals surface area contributed by atoms with E-state index >= 15 is 0 Å². The number of rotatable bonds is 12. The first-order valence-electron chi connectivity index (χ1n) is 8.61. The molecule has 0 radical (unpaired) electrons. The van der Waals surface area contributed by atoms with Gasteiger partial charge in [0.15, 0.2) is 0 Å². The van der Waals surface area contributed by atoms with Crippen molar-refractivity contribution in [2.75, 3.05) is 6.61 Å². The van der Waals surface area contributed by atoms with Gasteiger partial charge < -0.3 is 9.47 Å². The van der Waals surface area contributed by atoms with Gasteiger partial charge in [-0.1, -0.05) is 71.6 Å². The van der Waals surface area contributed by atoms with E-state index < -0.39 is 6.16 Å². The van der Waals surface area contributed by atoms with Gasteiger partial charge >= 0.3 is 6.16 Å². The highest BCUT2D eigenvalue weighted by molar-refractivity contribution is 5.61. The van der Waals surface area contributed by atoms with E-state index in [0.29, 0.717) is 12.5 Å². The maximum Gasteiger partial charge on any atom is 0.508 e. The second-order valence-corrected chi connectivity index (χ2v) is 6.03. The Bertz CT molecular complexity index is 253. The molecule has 0 aromatic rings. The molecule has 1 saturated heterocycles. The van der Waals surface area contributed by atoms with Crippen molar-refractivity contribution < 1.29 is 14.3 Å². The van der Waals surface area contributed by atoms with Gasteiger partial charge in [0.25, 0.3) is 0 Å². The summed E-state index contributed by atoms with van der Waals surface area (Å²) in [5, 5.41) is 0. The third-order valence-electron chi connectivity index (χ3n) is 4.25. The summed E-state index contributed by atoms with van der Waals surface area (Å²) in [5.41, 5.74) is 0. The molecule has 0 aliphatic carbocycles. The van der Waals surface area contributed by atoms with Crippen LogP contribution in [0.1, 0.15) is 84.5 Å². The molecule has 0 bridgehead atoms. The van der Waals surface area contributed by atoms with E-state index in [0.717, 1.165) is 0 Å². The van der Waals surface area contributed by atoms with Gasteiger partial charge in [-0.25, -0.2) is 4.79 Å². The maximum absolute atomic E-state index is 11.1. The lowest BCUT2D eigenvalue weighted by molar-refractivity contribution is 0.0909. The van der Waals surface area contributed by atoms with Crippen LogP contribution in [0.2, 0.25) is 0 Å². The van der Waals surface area contributed by atoms with Crippen molar-refractivity contribution in [3.8, 4) is 0 Å². The Morgan fingerprint density at radius 1 is 0.950 bits per heavy atom. The van der Waals surface area contributed by atoms with Gasteiger partial charge in [0.1, 0.15) is 12.7 Å². The number of unbranched alkanes of at least 4 members (excludes halogenated alkanes) is 7. The molecule has 1 rings (SSSR count). The highest BCUT2D eigenvalue weighted by Crippen LogP contribution is 2.26. The van der Waals surface area contributed by atoms with Gasteiger partial charge in [-0.05, 0) is 18.8 Å². The topological polar surface area (TPSA) is 35.5 Å². The van der Waals surface area contributed by atoms with Crippen LogP contribution in [-0.2, 0) is 9.47 Å². The van der Waals surface area contributed by atoms with E-state index in [4.69, 9.17) is 9.47 Å². The Balaban J connectivity index is 2.24. The normalized spacial score (nSPS) is 19.7. The molecule has 0 aromatic carbocycles. The highest BCUT2D eigenvalue weighted by atomic mass is 16.8. The number of hydrogen-bond donors (Lipinski definition) is 0. The van der Waals surface area contributed by atoms with Crippen molar-refractivity contribution in [1.82, 2.24) is 0 Å². The summed E-state index contributed by atoms with van der Waals surface area (Å²) in [6, 6.07) is 0. The second kappa shape index (κ2) is 11.0. The van der Waals surface area contributed by atoms with Crippen LogP contribution in [0.3, 0.4) is 0 Å². The van der Waals surface area contributed by atoms with E-state index in [2.05, 4.69) is 13.8 Å². The quantitative estimate of drug-likeness (QED) is 0.352. The summed E-state index contributed by atoms with van der Waals surface area (Å²) in [6.45, 7) is 4.94. The van der Waals surface area contributed by atoms with E-state index in [-0.39, 0.29) is 6.10 Å². The van der Waals surface area contributed by atoms with E-state index in [1.54, 1.807) is 0 Å². The van der Waals surface area contributed by atoms with Crippen LogP contribution < -0.4 is 0 Å². The van der Waals surface area contributed by atoms with Crippen LogP contribution in [0.5, 0.6) is 0 Å². The third kappa shape index (κ3) is 7.16. The van der Waals surface area contributed by atoms with Crippen molar-refractivity contribution in [2.24, 2.45) is 5.92 Å². The first-order valence-corrected chi connectivity index (χ1v) is 8.61. The SMILES string of the molecule is CCCCCCCC(CCCCCC)C1COC(=O)O1. The molecule has 0 spiro atoms. The lowest BCUT2D eigenvalue weighted by atomic mass is 9.90. The van der Waals surface area contributed by atoms with Gasteiger partial charge in [-0.15, -0.1) is 0 Å². The van der Waals surface area contributed by atoms with Crippen LogP contribution in [0, 0.1) is 5.92 Å². The average Bonchev–Trinajstić information content (AvgIpc) is 2.87. The number of carbonyl (C=O) groups excluding carboxylic acids is 1. The van der Waals surface area contributed by atoms with Crippen molar-refractivity contribution in [2.45, 2.75) is 90.6 Å². The summed E-state index contributed by atoms with van der Waals surface area (Å²) in [5.74, 6) is 0.500. The van der Waals surface area contributed by atoms with Crippen molar-refractivity contribution >= 4 is 6.16 Å². The first-order chi connectivity index (χ1) is 9.77. The summed E-state index contributed by atoms with van der Waals surface area (Å²) in [6.07, 6.45) is 13.5. The van der Waals surface area contributed by atoms with Crippen LogP contribution >= 0.6 is 0 Å².